The molecule has 0 saturated carbocycles. The van der Waals surface area contributed by atoms with Gasteiger partial charge in [0.15, 0.2) is 0 Å². The van der Waals surface area contributed by atoms with Crippen LogP contribution in [0.2, 0.25) is 0 Å². The molecule has 4 heteroatoms. The van der Waals surface area contributed by atoms with E-state index in [0.29, 0.717) is 6.61 Å². The highest BCUT2D eigenvalue weighted by Crippen LogP contribution is 2.28. The van der Waals surface area contributed by atoms with Crippen LogP contribution in [-0.2, 0) is 17.9 Å². The summed E-state index contributed by atoms with van der Waals surface area (Å²) in [5, 5.41) is 3.39. The van der Waals surface area contributed by atoms with Crippen molar-refractivity contribution in [3.05, 3.63) is 58.1 Å². The summed E-state index contributed by atoms with van der Waals surface area (Å²) >= 11 is 3.47. The number of hydrogen-bond donors (Lipinski definition) is 1. The Kier molecular flexibility index (Phi) is 5.44. The summed E-state index contributed by atoms with van der Waals surface area (Å²) in [5.74, 6) is 0.834. The summed E-state index contributed by atoms with van der Waals surface area (Å²) in [6.45, 7) is 1.37. The fourth-order valence-electron chi connectivity index (χ4n) is 2.01. The molecule has 0 fully saturated rings. The maximum Gasteiger partial charge on any atom is 0.142 e. The van der Waals surface area contributed by atoms with E-state index < -0.39 is 0 Å². The highest BCUT2D eigenvalue weighted by molar-refractivity contribution is 9.10. The second-order valence-corrected chi connectivity index (χ2v) is 5.37. The SMILES string of the molecule is COCc1cccc(CNc2cc(Br)ccc2OC)c1. The van der Waals surface area contributed by atoms with Crippen LogP contribution >= 0.6 is 15.9 Å². The van der Waals surface area contributed by atoms with Crippen LogP contribution in [0, 0.1) is 0 Å². The average molecular weight is 336 g/mol. The molecular formula is C16H18BrNO2. The topological polar surface area (TPSA) is 30.5 Å². The Bertz CT molecular complexity index is 572. The zero-order chi connectivity index (χ0) is 14.4. The summed E-state index contributed by atoms with van der Waals surface area (Å²) in [5.41, 5.74) is 3.36. The lowest BCUT2D eigenvalue weighted by Crippen LogP contribution is -2.02. The molecule has 3 nitrogen and oxygen atoms in total. The third-order valence-electron chi connectivity index (χ3n) is 2.95. The summed E-state index contributed by atoms with van der Waals surface area (Å²) in [7, 11) is 3.38. The Morgan fingerprint density at radius 3 is 2.60 bits per heavy atom. The van der Waals surface area contributed by atoms with E-state index >= 15 is 0 Å². The Labute approximate surface area is 128 Å². The van der Waals surface area contributed by atoms with E-state index in [2.05, 4.69) is 39.4 Å². The average Bonchev–Trinajstić information content (AvgIpc) is 2.46. The van der Waals surface area contributed by atoms with Crippen LogP contribution in [0.5, 0.6) is 5.75 Å². The molecule has 0 aromatic heterocycles. The van der Waals surface area contributed by atoms with Crippen LogP contribution in [0.4, 0.5) is 5.69 Å². The van der Waals surface area contributed by atoms with E-state index in [0.717, 1.165) is 22.5 Å². The maximum atomic E-state index is 5.35. The highest BCUT2D eigenvalue weighted by Gasteiger charge is 2.03. The third kappa shape index (κ3) is 3.99. The van der Waals surface area contributed by atoms with Crippen LogP contribution < -0.4 is 10.1 Å². The van der Waals surface area contributed by atoms with Gasteiger partial charge in [0.2, 0.25) is 0 Å². The van der Waals surface area contributed by atoms with Crippen molar-refractivity contribution in [2.45, 2.75) is 13.2 Å². The van der Waals surface area contributed by atoms with Crippen molar-refractivity contribution in [1.82, 2.24) is 0 Å². The van der Waals surface area contributed by atoms with E-state index in [9.17, 15) is 0 Å². The summed E-state index contributed by atoms with van der Waals surface area (Å²) in [6.07, 6.45) is 0. The maximum absolute atomic E-state index is 5.35. The molecule has 0 aliphatic carbocycles. The van der Waals surface area contributed by atoms with E-state index in [1.54, 1.807) is 14.2 Å². The van der Waals surface area contributed by atoms with E-state index in [4.69, 9.17) is 9.47 Å². The van der Waals surface area contributed by atoms with E-state index in [1.165, 1.54) is 11.1 Å². The van der Waals surface area contributed by atoms with Crippen LogP contribution in [0.15, 0.2) is 46.9 Å². The molecule has 0 aliphatic rings. The predicted molar refractivity (Wildman–Crippen MR) is 85.2 cm³/mol. The smallest absolute Gasteiger partial charge is 0.142 e. The lowest BCUT2D eigenvalue weighted by Gasteiger charge is -2.12. The molecule has 0 atom stereocenters. The molecule has 0 spiro atoms. The first-order valence-electron chi connectivity index (χ1n) is 6.37. The van der Waals surface area contributed by atoms with Crippen LogP contribution in [0.3, 0.4) is 0 Å². The van der Waals surface area contributed by atoms with Crippen molar-refractivity contribution in [3.8, 4) is 5.75 Å². The minimum Gasteiger partial charge on any atom is -0.495 e. The lowest BCUT2D eigenvalue weighted by molar-refractivity contribution is 0.185. The molecular weight excluding hydrogens is 318 g/mol. The third-order valence-corrected chi connectivity index (χ3v) is 3.44. The minimum atomic E-state index is 0.633. The molecule has 0 amide bonds. The Morgan fingerprint density at radius 1 is 1.05 bits per heavy atom. The Morgan fingerprint density at radius 2 is 1.85 bits per heavy atom. The van der Waals surface area contributed by atoms with Gasteiger partial charge >= 0.3 is 0 Å². The second-order valence-electron chi connectivity index (χ2n) is 4.45. The zero-order valence-corrected chi connectivity index (χ0v) is 13.2. The van der Waals surface area contributed by atoms with Crippen molar-refractivity contribution >= 4 is 21.6 Å². The molecule has 0 radical (unpaired) electrons. The number of methoxy groups -OCH3 is 2. The van der Waals surface area contributed by atoms with Gasteiger partial charge in [-0.1, -0.05) is 40.2 Å². The number of hydrogen-bond acceptors (Lipinski definition) is 3. The van der Waals surface area contributed by atoms with Gasteiger partial charge in [0.05, 0.1) is 19.4 Å². The molecule has 20 heavy (non-hydrogen) atoms. The van der Waals surface area contributed by atoms with Gasteiger partial charge < -0.3 is 14.8 Å². The molecule has 2 aromatic carbocycles. The molecule has 2 rings (SSSR count). The second kappa shape index (κ2) is 7.31. The molecule has 0 saturated heterocycles. The van der Waals surface area contributed by atoms with Gasteiger partial charge in [-0.2, -0.15) is 0 Å². The van der Waals surface area contributed by atoms with E-state index in [1.807, 2.05) is 24.3 Å². The van der Waals surface area contributed by atoms with Gasteiger partial charge in [-0.05, 0) is 29.3 Å². The number of benzene rings is 2. The number of halogens is 1. The first-order valence-corrected chi connectivity index (χ1v) is 7.16. The molecule has 106 valence electrons. The fourth-order valence-corrected chi connectivity index (χ4v) is 2.37. The Hall–Kier alpha value is -1.52. The van der Waals surface area contributed by atoms with Crippen LogP contribution in [0.25, 0.3) is 0 Å². The van der Waals surface area contributed by atoms with Gasteiger partial charge in [-0.15, -0.1) is 0 Å². The summed E-state index contributed by atoms with van der Waals surface area (Å²) in [4.78, 5) is 0. The normalized spacial score (nSPS) is 10.3. The van der Waals surface area contributed by atoms with Gasteiger partial charge in [-0.3, -0.25) is 0 Å². The zero-order valence-electron chi connectivity index (χ0n) is 11.7. The Balaban J connectivity index is 2.08. The van der Waals surface area contributed by atoms with Crippen molar-refractivity contribution < 1.29 is 9.47 Å². The number of nitrogens with one attached hydrogen (secondary N) is 1. The molecule has 1 N–H and O–H groups in total. The number of anilines is 1. The largest absolute Gasteiger partial charge is 0.495 e. The number of ether oxygens (including phenoxy) is 2. The molecule has 0 heterocycles. The van der Waals surface area contributed by atoms with Crippen molar-refractivity contribution in [2.75, 3.05) is 19.5 Å². The van der Waals surface area contributed by atoms with Gasteiger partial charge in [0, 0.05) is 18.1 Å². The van der Waals surface area contributed by atoms with E-state index in [-0.39, 0.29) is 0 Å². The van der Waals surface area contributed by atoms with Crippen molar-refractivity contribution in [1.29, 1.82) is 0 Å². The molecule has 0 bridgehead atoms. The van der Waals surface area contributed by atoms with Gasteiger partial charge in [-0.25, -0.2) is 0 Å². The standard InChI is InChI=1S/C16H18BrNO2/c1-19-11-13-5-3-4-12(8-13)10-18-15-9-14(17)6-7-16(15)20-2/h3-9,18H,10-11H2,1-2H3. The van der Waals surface area contributed by atoms with Crippen LogP contribution in [0.1, 0.15) is 11.1 Å². The minimum absolute atomic E-state index is 0.633. The summed E-state index contributed by atoms with van der Waals surface area (Å²) < 4.78 is 11.5. The highest BCUT2D eigenvalue weighted by atomic mass is 79.9. The summed E-state index contributed by atoms with van der Waals surface area (Å²) in [6, 6.07) is 14.3. The van der Waals surface area contributed by atoms with Gasteiger partial charge in [0.1, 0.15) is 5.75 Å². The van der Waals surface area contributed by atoms with Gasteiger partial charge in [0.25, 0.3) is 0 Å². The molecule has 0 unspecified atom stereocenters. The molecule has 2 aromatic rings. The van der Waals surface area contributed by atoms with Crippen LogP contribution in [-0.4, -0.2) is 14.2 Å². The molecule has 0 aliphatic heterocycles. The van der Waals surface area contributed by atoms with Crippen molar-refractivity contribution in [2.24, 2.45) is 0 Å². The first kappa shape index (κ1) is 14.9. The van der Waals surface area contributed by atoms with Crippen molar-refractivity contribution in [3.63, 3.8) is 0 Å². The fraction of sp³-hybridized carbons (Fsp3) is 0.250. The monoisotopic (exact) mass is 335 g/mol. The lowest BCUT2D eigenvalue weighted by atomic mass is 10.1. The predicted octanol–water partition coefficient (Wildman–Crippen LogP) is 4.22. The number of rotatable bonds is 6. The quantitative estimate of drug-likeness (QED) is 0.857. The first-order chi connectivity index (χ1) is 9.72.